The van der Waals surface area contributed by atoms with E-state index in [9.17, 15) is 4.79 Å². The average Bonchev–Trinajstić information content (AvgIpc) is 2.54. The maximum atomic E-state index is 11.8. The molecule has 1 atom stereocenters. The van der Waals surface area contributed by atoms with Gasteiger partial charge in [0, 0.05) is 12.1 Å². The molecule has 5 heteroatoms. The van der Waals surface area contributed by atoms with Crippen molar-refractivity contribution in [1.82, 2.24) is 0 Å². The van der Waals surface area contributed by atoms with Gasteiger partial charge in [0.05, 0.1) is 19.2 Å². The predicted molar refractivity (Wildman–Crippen MR) is 87.9 cm³/mol. The van der Waals surface area contributed by atoms with Crippen molar-refractivity contribution < 1.29 is 26.8 Å². The van der Waals surface area contributed by atoms with Crippen LogP contribution in [0.25, 0.3) is 0 Å². The predicted octanol–water partition coefficient (Wildman–Crippen LogP) is -1.81. The van der Waals surface area contributed by atoms with Crippen LogP contribution in [0.4, 0.5) is 5.69 Å². The fraction of sp³-hybridized carbons (Fsp3) is 0.278. The Morgan fingerprint density at radius 1 is 1.04 bits per heavy atom. The molecule has 0 saturated heterocycles. The first-order valence-corrected chi connectivity index (χ1v) is 7.53. The molecule has 2 rings (SSSR count). The van der Waals surface area contributed by atoms with Crippen LogP contribution in [0.5, 0.6) is 0 Å². The van der Waals surface area contributed by atoms with Gasteiger partial charge in [-0.05, 0) is 29.8 Å². The Kier molecular flexibility index (Phi) is 8.16. The van der Waals surface area contributed by atoms with E-state index in [1.54, 1.807) is 24.3 Å². The number of esters is 1. The molecule has 124 valence electrons. The fourth-order valence-electron chi connectivity index (χ4n) is 2.15. The number of carbonyl (C=O) groups excluding carboxylic acids is 1. The van der Waals surface area contributed by atoms with Crippen LogP contribution in [0.2, 0.25) is 0 Å². The number of nitrogens with one attached hydrogen (secondary N) is 1. The maximum absolute atomic E-state index is 11.8. The molecule has 2 aromatic carbocycles. The van der Waals surface area contributed by atoms with Gasteiger partial charge in [0.2, 0.25) is 0 Å². The smallest absolute Gasteiger partial charge is 0.338 e. The first kappa shape index (κ1) is 19.0. The van der Waals surface area contributed by atoms with Gasteiger partial charge in [-0.15, -0.1) is 0 Å². The quantitative estimate of drug-likeness (QED) is 0.463. The molecular formula is C18H23ClN2O2. The molecule has 0 bridgehead atoms. The van der Waals surface area contributed by atoms with Crippen LogP contribution in [0, 0.1) is 0 Å². The van der Waals surface area contributed by atoms with Crippen LogP contribution in [0.15, 0.2) is 54.6 Å². The molecule has 0 aliphatic heterocycles. The third-order valence-electron chi connectivity index (χ3n) is 3.59. The SMILES string of the molecule is C[NH+](CCOC(=O)c1ccc(N)cc1)CCc1ccccc1.[Cl-]. The normalized spacial score (nSPS) is 11.3. The second-order valence-corrected chi connectivity index (χ2v) is 5.45. The van der Waals surface area contributed by atoms with Crippen LogP contribution >= 0.6 is 0 Å². The van der Waals surface area contributed by atoms with Gasteiger partial charge in [-0.2, -0.15) is 0 Å². The highest BCUT2D eigenvalue weighted by Gasteiger charge is 2.08. The Bertz CT molecular complexity index is 588. The van der Waals surface area contributed by atoms with Crippen molar-refractivity contribution in [2.24, 2.45) is 0 Å². The second-order valence-electron chi connectivity index (χ2n) is 5.45. The summed E-state index contributed by atoms with van der Waals surface area (Å²) in [6.07, 6.45) is 1.03. The van der Waals surface area contributed by atoms with Crippen molar-refractivity contribution in [2.75, 3.05) is 32.5 Å². The number of likely N-dealkylation sites (N-methyl/N-ethyl adjacent to an activating group) is 1. The zero-order valence-corrected chi connectivity index (χ0v) is 14.1. The average molecular weight is 335 g/mol. The lowest BCUT2D eigenvalue weighted by atomic mass is 10.1. The van der Waals surface area contributed by atoms with E-state index < -0.39 is 0 Å². The first-order valence-electron chi connectivity index (χ1n) is 7.53. The highest BCUT2D eigenvalue weighted by Crippen LogP contribution is 2.06. The summed E-state index contributed by atoms with van der Waals surface area (Å²) in [5, 5.41) is 0. The molecule has 0 amide bonds. The van der Waals surface area contributed by atoms with E-state index in [4.69, 9.17) is 10.5 Å². The van der Waals surface area contributed by atoms with E-state index in [2.05, 4.69) is 31.3 Å². The summed E-state index contributed by atoms with van der Waals surface area (Å²) in [4.78, 5) is 13.2. The number of nitrogen functional groups attached to an aromatic ring is 1. The van der Waals surface area contributed by atoms with Gasteiger partial charge in [-0.1, -0.05) is 30.3 Å². The molecule has 0 saturated carbocycles. The summed E-state index contributed by atoms with van der Waals surface area (Å²) in [6, 6.07) is 17.2. The van der Waals surface area contributed by atoms with Gasteiger partial charge >= 0.3 is 5.97 Å². The number of quaternary nitrogens is 1. The van der Waals surface area contributed by atoms with Gasteiger partial charge in [0.15, 0.2) is 0 Å². The van der Waals surface area contributed by atoms with Gasteiger partial charge in [-0.3, -0.25) is 0 Å². The third kappa shape index (κ3) is 6.72. The van der Waals surface area contributed by atoms with Gasteiger partial charge in [0.1, 0.15) is 13.2 Å². The number of hydrogen-bond acceptors (Lipinski definition) is 3. The molecule has 0 aromatic heterocycles. The third-order valence-corrected chi connectivity index (χ3v) is 3.59. The van der Waals surface area contributed by atoms with Crippen LogP contribution in [-0.2, 0) is 11.2 Å². The van der Waals surface area contributed by atoms with E-state index >= 15 is 0 Å². The van der Waals surface area contributed by atoms with Crippen LogP contribution in [0.3, 0.4) is 0 Å². The summed E-state index contributed by atoms with van der Waals surface area (Å²) >= 11 is 0. The number of anilines is 1. The van der Waals surface area contributed by atoms with E-state index in [1.807, 2.05) is 6.07 Å². The highest BCUT2D eigenvalue weighted by atomic mass is 35.5. The zero-order chi connectivity index (χ0) is 15.8. The largest absolute Gasteiger partial charge is 1.00 e. The molecular weight excluding hydrogens is 312 g/mol. The number of ether oxygens (including phenoxy) is 1. The molecule has 0 aliphatic carbocycles. The summed E-state index contributed by atoms with van der Waals surface area (Å²) in [6.45, 7) is 2.24. The van der Waals surface area contributed by atoms with Crippen molar-refractivity contribution in [3.05, 3.63) is 65.7 Å². The number of rotatable bonds is 7. The Morgan fingerprint density at radius 3 is 2.35 bits per heavy atom. The molecule has 1 unspecified atom stereocenters. The van der Waals surface area contributed by atoms with Crippen LogP contribution < -0.4 is 23.0 Å². The number of nitrogens with two attached hydrogens (primary N) is 1. The Balaban J connectivity index is 0.00000264. The summed E-state index contributed by atoms with van der Waals surface area (Å²) in [5.74, 6) is -0.296. The highest BCUT2D eigenvalue weighted by molar-refractivity contribution is 5.89. The Morgan fingerprint density at radius 2 is 1.70 bits per heavy atom. The second kappa shape index (κ2) is 9.87. The number of hydrogen-bond donors (Lipinski definition) is 2. The van der Waals surface area contributed by atoms with Crippen molar-refractivity contribution in [3.8, 4) is 0 Å². The number of carbonyl (C=O) groups is 1. The van der Waals surface area contributed by atoms with Crippen molar-refractivity contribution in [2.45, 2.75) is 6.42 Å². The van der Waals surface area contributed by atoms with Crippen LogP contribution in [0.1, 0.15) is 15.9 Å². The van der Waals surface area contributed by atoms with Gasteiger partial charge < -0.3 is 27.8 Å². The number of halogens is 1. The Labute approximate surface area is 143 Å². The molecule has 0 spiro atoms. The first-order chi connectivity index (χ1) is 10.6. The molecule has 23 heavy (non-hydrogen) atoms. The molecule has 3 N–H and O–H groups in total. The minimum Gasteiger partial charge on any atom is -1.00 e. The molecule has 0 heterocycles. The van der Waals surface area contributed by atoms with E-state index in [-0.39, 0.29) is 18.4 Å². The summed E-state index contributed by atoms with van der Waals surface area (Å²) < 4.78 is 5.29. The summed E-state index contributed by atoms with van der Waals surface area (Å²) in [7, 11) is 2.11. The lowest BCUT2D eigenvalue weighted by Crippen LogP contribution is -3.09. The Hall–Kier alpha value is -2.04. The lowest BCUT2D eigenvalue weighted by Gasteiger charge is -2.14. The zero-order valence-electron chi connectivity index (χ0n) is 13.3. The van der Waals surface area contributed by atoms with E-state index in [1.165, 1.54) is 10.5 Å². The number of benzene rings is 2. The van der Waals surface area contributed by atoms with Gasteiger partial charge in [0.25, 0.3) is 0 Å². The van der Waals surface area contributed by atoms with Crippen molar-refractivity contribution >= 4 is 11.7 Å². The van der Waals surface area contributed by atoms with Gasteiger partial charge in [-0.25, -0.2) is 4.79 Å². The maximum Gasteiger partial charge on any atom is 0.338 e. The molecule has 0 radical (unpaired) electrons. The van der Waals surface area contributed by atoms with Crippen molar-refractivity contribution in [3.63, 3.8) is 0 Å². The van der Waals surface area contributed by atoms with E-state index in [0.29, 0.717) is 17.9 Å². The monoisotopic (exact) mass is 334 g/mol. The topological polar surface area (TPSA) is 56.8 Å². The summed E-state index contributed by atoms with van der Waals surface area (Å²) in [5.41, 5.74) is 8.11. The molecule has 0 aliphatic rings. The lowest BCUT2D eigenvalue weighted by molar-refractivity contribution is -0.879. The minimum atomic E-state index is -0.296. The standard InChI is InChI=1S/C18H22N2O2.ClH/c1-20(12-11-15-5-3-2-4-6-15)13-14-22-18(21)16-7-9-17(19)10-8-16;/h2-10H,11-14,19H2,1H3;1H. The minimum absolute atomic E-state index is 0. The molecule has 4 nitrogen and oxygen atoms in total. The van der Waals surface area contributed by atoms with E-state index in [0.717, 1.165) is 19.5 Å². The fourth-order valence-corrected chi connectivity index (χ4v) is 2.15. The molecule has 2 aromatic rings. The van der Waals surface area contributed by atoms with Crippen molar-refractivity contribution in [1.29, 1.82) is 0 Å². The van der Waals surface area contributed by atoms with Crippen LogP contribution in [-0.4, -0.2) is 32.7 Å². The molecule has 0 fully saturated rings.